The minimum absolute atomic E-state index is 0.319. The zero-order chi connectivity index (χ0) is 10.8. The Kier molecular flexibility index (Phi) is 3.96. The molecule has 1 atom stereocenters. The minimum atomic E-state index is 0.319. The summed E-state index contributed by atoms with van der Waals surface area (Å²) in [5.74, 6) is 0.888. The van der Waals surface area contributed by atoms with Crippen molar-refractivity contribution in [3.8, 4) is 0 Å². The van der Waals surface area contributed by atoms with Crippen LogP contribution in [0.1, 0.15) is 34.1 Å². The Bertz CT molecular complexity index is 172. The van der Waals surface area contributed by atoms with E-state index in [1.807, 2.05) is 0 Å². The lowest BCUT2D eigenvalue weighted by Gasteiger charge is -2.33. The Morgan fingerprint density at radius 1 is 1.36 bits per heavy atom. The SMILES string of the molecule is CCN1CCC(CN(C)C(C)(C)C)C1. The molecule has 0 aromatic carbocycles. The molecule has 1 saturated heterocycles. The van der Waals surface area contributed by atoms with Crippen LogP contribution in [0, 0.1) is 5.92 Å². The van der Waals surface area contributed by atoms with Gasteiger partial charge in [0, 0.05) is 18.6 Å². The van der Waals surface area contributed by atoms with E-state index in [2.05, 4.69) is 44.5 Å². The molecular formula is C12H26N2. The van der Waals surface area contributed by atoms with Gasteiger partial charge in [-0.2, -0.15) is 0 Å². The summed E-state index contributed by atoms with van der Waals surface area (Å²) in [4.78, 5) is 5.04. The third-order valence-corrected chi connectivity index (χ3v) is 3.49. The van der Waals surface area contributed by atoms with Crippen molar-refractivity contribution < 1.29 is 0 Å². The molecule has 0 bridgehead atoms. The quantitative estimate of drug-likeness (QED) is 0.685. The van der Waals surface area contributed by atoms with Crippen LogP contribution in [0.4, 0.5) is 0 Å². The predicted molar refractivity (Wildman–Crippen MR) is 62.6 cm³/mol. The summed E-state index contributed by atoms with van der Waals surface area (Å²) >= 11 is 0. The van der Waals surface area contributed by atoms with E-state index in [1.54, 1.807) is 0 Å². The molecule has 2 heteroatoms. The molecule has 0 spiro atoms. The maximum Gasteiger partial charge on any atom is 0.0122 e. The van der Waals surface area contributed by atoms with Gasteiger partial charge in [0.1, 0.15) is 0 Å². The number of rotatable bonds is 3. The number of hydrogen-bond donors (Lipinski definition) is 0. The summed E-state index contributed by atoms with van der Waals surface area (Å²) in [6.45, 7) is 14.2. The van der Waals surface area contributed by atoms with Crippen LogP contribution in [-0.4, -0.2) is 48.6 Å². The Morgan fingerprint density at radius 3 is 2.43 bits per heavy atom. The normalized spacial score (nSPS) is 24.9. The Balaban J connectivity index is 2.32. The number of nitrogens with zero attached hydrogens (tertiary/aromatic N) is 2. The van der Waals surface area contributed by atoms with Crippen molar-refractivity contribution in [2.75, 3.05) is 33.2 Å². The van der Waals surface area contributed by atoms with Gasteiger partial charge in [-0.3, -0.25) is 0 Å². The Morgan fingerprint density at radius 2 is 2.00 bits per heavy atom. The van der Waals surface area contributed by atoms with E-state index in [0.29, 0.717) is 5.54 Å². The summed E-state index contributed by atoms with van der Waals surface area (Å²) in [6.07, 6.45) is 1.38. The van der Waals surface area contributed by atoms with Gasteiger partial charge >= 0.3 is 0 Å². The third-order valence-electron chi connectivity index (χ3n) is 3.49. The fraction of sp³-hybridized carbons (Fsp3) is 1.00. The van der Waals surface area contributed by atoms with Crippen molar-refractivity contribution in [2.45, 2.75) is 39.7 Å². The zero-order valence-corrected chi connectivity index (χ0v) is 10.5. The highest BCUT2D eigenvalue weighted by Crippen LogP contribution is 2.20. The molecule has 0 aliphatic carbocycles. The molecule has 84 valence electrons. The molecule has 0 aromatic rings. The van der Waals surface area contributed by atoms with Gasteiger partial charge in [0.15, 0.2) is 0 Å². The summed E-state index contributed by atoms with van der Waals surface area (Å²) in [7, 11) is 2.24. The molecule has 1 rings (SSSR count). The van der Waals surface area contributed by atoms with E-state index in [9.17, 15) is 0 Å². The van der Waals surface area contributed by atoms with Crippen LogP contribution >= 0.6 is 0 Å². The van der Waals surface area contributed by atoms with Crippen molar-refractivity contribution in [1.82, 2.24) is 9.80 Å². The van der Waals surface area contributed by atoms with E-state index < -0.39 is 0 Å². The van der Waals surface area contributed by atoms with Crippen LogP contribution in [-0.2, 0) is 0 Å². The van der Waals surface area contributed by atoms with E-state index in [1.165, 1.54) is 32.6 Å². The first kappa shape index (κ1) is 12.0. The van der Waals surface area contributed by atoms with Crippen molar-refractivity contribution in [2.24, 2.45) is 5.92 Å². The van der Waals surface area contributed by atoms with Gasteiger partial charge in [-0.15, -0.1) is 0 Å². The van der Waals surface area contributed by atoms with Crippen molar-refractivity contribution >= 4 is 0 Å². The molecule has 0 N–H and O–H groups in total. The van der Waals surface area contributed by atoms with Gasteiger partial charge in [0.05, 0.1) is 0 Å². The van der Waals surface area contributed by atoms with Crippen molar-refractivity contribution in [3.05, 3.63) is 0 Å². The van der Waals surface area contributed by atoms with Gasteiger partial charge in [0.2, 0.25) is 0 Å². The molecule has 1 unspecified atom stereocenters. The van der Waals surface area contributed by atoms with Crippen molar-refractivity contribution in [1.29, 1.82) is 0 Å². The van der Waals surface area contributed by atoms with Gasteiger partial charge in [-0.05, 0) is 53.2 Å². The van der Waals surface area contributed by atoms with E-state index >= 15 is 0 Å². The predicted octanol–water partition coefficient (Wildman–Crippen LogP) is 2.06. The minimum Gasteiger partial charge on any atom is -0.303 e. The summed E-state index contributed by atoms with van der Waals surface area (Å²) in [6, 6.07) is 0. The van der Waals surface area contributed by atoms with Gasteiger partial charge in [-0.1, -0.05) is 6.92 Å². The van der Waals surface area contributed by atoms with Gasteiger partial charge in [0.25, 0.3) is 0 Å². The van der Waals surface area contributed by atoms with Crippen LogP contribution in [0.3, 0.4) is 0 Å². The highest BCUT2D eigenvalue weighted by atomic mass is 15.2. The Labute approximate surface area is 89.3 Å². The number of hydrogen-bond acceptors (Lipinski definition) is 2. The highest BCUT2D eigenvalue weighted by Gasteiger charge is 2.25. The second-order valence-electron chi connectivity index (χ2n) is 5.60. The second-order valence-corrected chi connectivity index (χ2v) is 5.60. The number of likely N-dealkylation sites (tertiary alicyclic amines) is 1. The largest absolute Gasteiger partial charge is 0.303 e. The molecule has 0 aromatic heterocycles. The smallest absolute Gasteiger partial charge is 0.0122 e. The van der Waals surface area contributed by atoms with Gasteiger partial charge < -0.3 is 9.80 Å². The molecule has 0 saturated carbocycles. The lowest BCUT2D eigenvalue weighted by atomic mass is 10.0. The summed E-state index contributed by atoms with van der Waals surface area (Å²) in [5.41, 5.74) is 0.319. The molecule has 2 nitrogen and oxygen atoms in total. The molecule has 1 heterocycles. The van der Waals surface area contributed by atoms with E-state index in [4.69, 9.17) is 0 Å². The lowest BCUT2D eigenvalue weighted by molar-refractivity contribution is 0.149. The molecule has 0 radical (unpaired) electrons. The van der Waals surface area contributed by atoms with Crippen LogP contribution in [0.25, 0.3) is 0 Å². The first-order valence-electron chi connectivity index (χ1n) is 5.87. The average Bonchev–Trinajstić information content (AvgIpc) is 2.50. The lowest BCUT2D eigenvalue weighted by Crippen LogP contribution is -2.41. The summed E-state index contributed by atoms with van der Waals surface area (Å²) in [5, 5.41) is 0. The average molecular weight is 198 g/mol. The standard InChI is InChI=1S/C12H26N2/c1-6-14-8-7-11(10-14)9-13(5)12(2,3)4/h11H,6-10H2,1-5H3. The summed E-state index contributed by atoms with van der Waals surface area (Å²) < 4.78 is 0. The molecule has 1 aliphatic heterocycles. The maximum atomic E-state index is 2.56. The molecule has 1 fully saturated rings. The fourth-order valence-corrected chi connectivity index (χ4v) is 2.01. The topological polar surface area (TPSA) is 6.48 Å². The second kappa shape index (κ2) is 4.63. The van der Waals surface area contributed by atoms with Crippen LogP contribution in [0.2, 0.25) is 0 Å². The fourth-order valence-electron chi connectivity index (χ4n) is 2.01. The van der Waals surface area contributed by atoms with Crippen LogP contribution < -0.4 is 0 Å². The third kappa shape index (κ3) is 3.25. The van der Waals surface area contributed by atoms with E-state index in [-0.39, 0.29) is 0 Å². The van der Waals surface area contributed by atoms with Gasteiger partial charge in [-0.25, -0.2) is 0 Å². The van der Waals surface area contributed by atoms with E-state index in [0.717, 1.165) is 5.92 Å². The monoisotopic (exact) mass is 198 g/mol. The molecule has 14 heavy (non-hydrogen) atoms. The van der Waals surface area contributed by atoms with Crippen LogP contribution in [0.5, 0.6) is 0 Å². The Hall–Kier alpha value is -0.0800. The van der Waals surface area contributed by atoms with Crippen molar-refractivity contribution in [3.63, 3.8) is 0 Å². The molecule has 0 amide bonds. The molecular weight excluding hydrogens is 172 g/mol. The highest BCUT2D eigenvalue weighted by molar-refractivity contribution is 4.81. The van der Waals surface area contributed by atoms with Crippen LogP contribution in [0.15, 0.2) is 0 Å². The zero-order valence-electron chi connectivity index (χ0n) is 10.5. The first-order valence-corrected chi connectivity index (χ1v) is 5.87. The maximum absolute atomic E-state index is 2.56. The first-order chi connectivity index (χ1) is 6.43. The molecule has 1 aliphatic rings.